The minimum Gasteiger partial charge on any atom is -0.497 e. The molecule has 220 valence electrons. The van der Waals surface area contributed by atoms with E-state index in [4.69, 9.17) is 16.3 Å². The van der Waals surface area contributed by atoms with Crippen LogP contribution in [0.15, 0.2) is 77.7 Å². The van der Waals surface area contributed by atoms with Gasteiger partial charge in [0.25, 0.3) is 10.0 Å². The molecule has 0 aliphatic rings. The first-order valence-corrected chi connectivity index (χ1v) is 14.3. The van der Waals surface area contributed by atoms with Gasteiger partial charge in [0.2, 0.25) is 11.8 Å². The van der Waals surface area contributed by atoms with E-state index in [0.29, 0.717) is 21.7 Å². The highest BCUT2D eigenvalue weighted by molar-refractivity contribution is 7.92. The number of carbonyl (C=O) groups is 2. The fourth-order valence-corrected chi connectivity index (χ4v) is 5.62. The molecule has 0 fully saturated rings. The van der Waals surface area contributed by atoms with Gasteiger partial charge in [-0.3, -0.25) is 13.9 Å². The van der Waals surface area contributed by atoms with Crippen molar-refractivity contribution in [2.45, 2.75) is 37.5 Å². The number of nitrogens with one attached hydrogen (secondary N) is 1. The highest BCUT2D eigenvalue weighted by Crippen LogP contribution is 2.38. The third-order valence-corrected chi connectivity index (χ3v) is 8.30. The third kappa shape index (κ3) is 7.70. The Morgan fingerprint density at radius 2 is 1.66 bits per heavy atom. The van der Waals surface area contributed by atoms with Gasteiger partial charge in [-0.1, -0.05) is 41.9 Å². The van der Waals surface area contributed by atoms with E-state index in [1.165, 1.54) is 43.2 Å². The monoisotopic (exact) mass is 611 g/mol. The highest BCUT2D eigenvalue weighted by atomic mass is 35.5. The summed E-state index contributed by atoms with van der Waals surface area (Å²) in [5.74, 6) is -0.744. The number of methoxy groups -OCH3 is 1. The standard InChI is InChI=1S/C28H29ClF3N3O5S/c1-4-33-27(37)19(2)34(17-20-10-13-22(40-3)14-11-20)26(36)18-35(41(38,39)23-8-6-5-7-9-23)21-12-15-25(29)24(16-21)28(30,31)32/h5-16,19H,4,17-18H2,1-3H3,(H,33,37)/t19-/m0/s1. The lowest BCUT2D eigenvalue weighted by Gasteiger charge is -2.32. The topological polar surface area (TPSA) is 96.0 Å². The molecule has 3 aromatic carbocycles. The summed E-state index contributed by atoms with van der Waals surface area (Å²) in [5, 5.41) is 2.00. The molecule has 0 unspecified atom stereocenters. The van der Waals surface area contributed by atoms with Crippen LogP contribution in [-0.4, -0.2) is 51.4 Å². The number of amides is 2. The second-order valence-corrected chi connectivity index (χ2v) is 11.2. The number of carbonyl (C=O) groups excluding carboxylic acids is 2. The van der Waals surface area contributed by atoms with Crippen molar-refractivity contribution in [2.75, 3.05) is 24.5 Å². The molecule has 0 spiro atoms. The molecule has 1 N–H and O–H groups in total. The second-order valence-electron chi connectivity index (χ2n) is 8.93. The number of alkyl halides is 3. The minimum absolute atomic E-state index is 0.0885. The van der Waals surface area contributed by atoms with Crippen molar-refractivity contribution < 1.29 is 35.9 Å². The van der Waals surface area contributed by atoms with E-state index in [1.807, 2.05) is 0 Å². The van der Waals surface area contributed by atoms with Crippen LogP contribution in [0.25, 0.3) is 0 Å². The third-order valence-electron chi connectivity index (χ3n) is 6.18. The van der Waals surface area contributed by atoms with Crippen LogP contribution in [0.3, 0.4) is 0 Å². The van der Waals surface area contributed by atoms with Gasteiger partial charge in [-0.15, -0.1) is 0 Å². The predicted octanol–water partition coefficient (Wildman–Crippen LogP) is 5.12. The van der Waals surface area contributed by atoms with Crippen LogP contribution in [0, 0.1) is 0 Å². The normalized spacial score (nSPS) is 12.4. The number of anilines is 1. The van der Waals surface area contributed by atoms with E-state index < -0.39 is 56.9 Å². The Labute approximate surface area is 241 Å². The van der Waals surface area contributed by atoms with Crippen molar-refractivity contribution in [3.63, 3.8) is 0 Å². The van der Waals surface area contributed by atoms with Crippen molar-refractivity contribution in [2.24, 2.45) is 0 Å². The molecule has 3 rings (SSSR count). The molecule has 0 aliphatic carbocycles. The SMILES string of the molecule is CCNC(=O)[C@H](C)N(Cc1ccc(OC)cc1)C(=O)CN(c1ccc(Cl)c(C(F)(F)F)c1)S(=O)(=O)c1ccccc1. The Hall–Kier alpha value is -3.77. The maximum absolute atomic E-state index is 13.8. The number of nitrogens with zero attached hydrogens (tertiary/aromatic N) is 2. The van der Waals surface area contributed by atoms with Gasteiger partial charge < -0.3 is 15.0 Å². The van der Waals surface area contributed by atoms with Gasteiger partial charge in [0.1, 0.15) is 18.3 Å². The Balaban J connectivity index is 2.09. The maximum Gasteiger partial charge on any atom is 0.417 e. The molecule has 13 heteroatoms. The van der Waals surface area contributed by atoms with Crippen LogP contribution in [0.4, 0.5) is 18.9 Å². The van der Waals surface area contributed by atoms with Crippen molar-refractivity contribution >= 4 is 39.1 Å². The maximum atomic E-state index is 13.8. The van der Waals surface area contributed by atoms with Gasteiger partial charge in [-0.2, -0.15) is 13.2 Å². The summed E-state index contributed by atoms with van der Waals surface area (Å²) in [6.07, 6.45) is -4.88. The van der Waals surface area contributed by atoms with Crippen molar-refractivity contribution in [3.05, 3.63) is 88.9 Å². The first kappa shape index (κ1) is 31.8. The quantitative estimate of drug-likeness (QED) is 0.325. The Morgan fingerprint density at radius 3 is 2.22 bits per heavy atom. The van der Waals surface area contributed by atoms with E-state index in [-0.39, 0.29) is 18.0 Å². The van der Waals surface area contributed by atoms with Crippen molar-refractivity contribution in [1.82, 2.24) is 10.2 Å². The molecule has 3 aromatic rings. The number of likely N-dealkylation sites (N-methyl/N-ethyl adjacent to an activating group) is 1. The molecule has 0 aliphatic heterocycles. The summed E-state index contributed by atoms with van der Waals surface area (Å²) in [6, 6.07) is 15.2. The van der Waals surface area contributed by atoms with Gasteiger partial charge >= 0.3 is 6.18 Å². The molecule has 0 saturated heterocycles. The van der Waals surface area contributed by atoms with E-state index >= 15 is 0 Å². The number of hydrogen-bond acceptors (Lipinski definition) is 5. The lowest BCUT2D eigenvalue weighted by molar-refractivity contribution is -0.139. The predicted molar refractivity (Wildman–Crippen MR) is 149 cm³/mol. The molecule has 0 radical (unpaired) electrons. The molecule has 0 aromatic heterocycles. The summed E-state index contributed by atoms with van der Waals surface area (Å²) in [4.78, 5) is 27.5. The average molecular weight is 612 g/mol. The number of sulfonamides is 1. The van der Waals surface area contributed by atoms with E-state index in [9.17, 15) is 31.2 Å². The lowest BCUT2D eigenvalue weighted by Crippen LogP contribution is -2.51. The lowest BCUT2D eigenvalue weighted by atomic mass is 10.1. The summed E-state index contributed by atoms with van der Waals surface area (Å²) < 4.78 is 74.2. The number of benzene rings is 3. The van der Waals surface area contributed by atoms with Crippen LogP contribution in [0.2, 0.25) is 5.02 Å². The van der Waals surface area contributed by atoms with E-state index in [0.717, 1.165) is 12.1 Å². The molecule has 8 nitrogen and oxygen atoms in total. The van der Waals surface area contributed by atoms with Crippen LogP contribution in [0.5, 0.6) is 5.75 Å². The molecule has 0 bridgehead atoms. The number of rotatable bonds is 11. The van der Waals surface area contributed by atoms with Crippen LogP contribution in [-0.2, 0) is 32.3 Å². The first-order chi connectivity index (χ1) is 19.3. The zero-order chi connectivity index (χ0) is 30.4. The van der Waals surface area contributed by atoms with Crippen LogP contribution in [0.1, 0.15) is 25.0 Å². The smallest absolute Gasteiger partial charge is 0.417 e. The van der Waals surface area contributed by atoms with Gasteiger partial charge in [0.15, 0.2) is 0 Å². The first-order valence-electron chi connectivity index (χ1n) is 12.4. The Morgan fingerprint density at radius 1 is 1.02 bits per heavy atom. The van der Waals surface area contributed by atoms with Crippen LogP contribution >= 0.6 is 11.6 Å². The number of ether oxygens (including phenoxy) is 1. The molecule has 2 amide bonds. The minimum atomic E-state index is -4.88. The molecule has 41 heavy (non-hydrogen) atoms. The van der Waals surface area contributed by atoms with E-state index in [2.05, 4.69) is 5.32 Å². The molecular weight excluding hydrogens is 583 g/mol. The van der Waals surface area contributed by atoms with Crippen molar-refractivity contribution in [1.29, 1.82) is 0 Å². The Kier molecular flexibility index (Phi) is 10.3. The molecule has 0 heterocycles. The van der Waals surface area contributed by atoms with E-state index in [1.54, 1.807) is 37.3 Å². The fraction of sp³-hybridized carbons (Fsp3) is 0.286. The van der Waals surface area contributed by atoms with Gasteiger partial charge in [-0.25, -0.2) is 8.42 Å². The van der Waals surface area contributed by atoms with Gasteiger partial charge in [0, 0.05) is 13.1 Å². The molecular formula is C28H29ClF3N3O5S. The van der Waals surface area contributed by atoms with Crippen molar-refractivity contribution in [3.8, 4) is 5.75 Å². The average Bonchev–Trinajstić information content (AvgIpc) is 2.94. The zero-order valence-electron chi connectivity index (χ0n) is 22.5. The molecule has 0 saturated carbocycles. The zero-order valence-corrected chi connectivity index (χ0v) is 24.1. The summed E-state index contributed by atoms with van der Waals surface area (Å²) in [5.41, 5.74) is -1.07. The number of hydrogen-bond donors (Lipinski definition) is 1. The van der Waals surface area contributed by atoms with Gasteiger partial charge in [-0.05, 0) is 61.9 Å². The second kappa shape index (κ2) is 13.3. The fourth-order valence-electron chi connectivity index (χ4n) is 3.97. The number of halogens is 4. The summed E-state index contributed by atoms with van der Waals surface area (Å²) in [6.45, 7) is 2.48. The summed E-state index contributed by atoms with van der Waals surface area (Å²) in [7, 11) is -3.05. The largest absolute Gasteiger partial charge is 0.497 e. The van der Waals surface area contributed by atoms with Gasteiger partial charge in [0.05, 0.1) is 28.3 Å². The molecule has 1 atom stereocenters. The highest BCUT2D eigenvalue weighted by Gasteiger charge is 2.36. The summed E-state index contributed by atoms with van der Waals surface area (Å²) >= 11 is 5.77. The Bertz CT molecular complexity index is 1470. The van der Waals surface area contributed by atoms with Crippen LogP contribution < -0.4 is 14.4 Å².